The first-order chi connectivity index (χ1) is 9.97. The third kappa shape index (κ3) is 2.80. The molecule has 1 heterocycles. The third-order valence-corrected chi connectivity index (χ3v) is 6.97. The number of sulfone groups is 1. The largest absolute Gasteiger partial charge is 0.399 e. The van der Waals surface area contributed by atoms with Crippen molar-refractivity contribution in [1.29, 1.82) is 0 Å². The second-order valence-corrected chi connectivity index (χ2v) is 8.42. The van der Waals surface area contributed by atoms with Crippen LogP contribution in [0.4, 0.5) is 5.69 Å². The van der Waals surface area contributed by atoms with Crippen molar-refractivity contribution in [1.82, 2.24) is 0 Å². The molecule has 2 aromatic carbocycles. The van der Waals surface area contributed by atoms with Crippen molar-refractivity contribution in [2.75, 3.05) is 17.2 Å². The van der Waals surface area contributed by atoms with Gasteiger partial charge in [-0.05, 0) is 42.3 Å². The Labute approximate surface area is 129 Å². The van der Waals surface area contributed by atoms with Crippen LogP contribution in [0.3, 0.4) is 0 Å². The van der Waals surface area contributed by atoms with Gasteiger partial charge in [0.15, 0.2) is 9.84 Å². The van der Waals surface area contributed by atoms with Crippen molar-refractivity contribution in [2.24, 2.45) is 0 Å². The van der Waals surface area contributed by atoms with Gasteiger partial charge >= 0.3 is 0 Å². The third-order valence-electron chi connectivity index (χ3n) is 3.75. The fourth-order valence-corrected chi connectivity index (χ4v) is 5.98. The summed E-state index contributed by atoms with van der Waals surface area (Å²) in [6, 6.07) is 13.0. The lowest BCUT2D eigenvalue weighted by Crippen LogP contribution is -2.16. The summed E-state index contributed by atoms with van der Waals surface area (Å²) in [6.45, 7) is 1.79. The summed E-state index contributed by atoms with van der Waals surface area (Å²) < 4.78 is 25.4. The summed E-state index contributed by atoms with van der Waals surface area (Å²) in [7, 11) is -3.30. The highest BCUT2D eigenvalue weighted by atomic mass is 32.2. The molecule has 3 nitrogen and oxygen atoms in total. The number of hydrogen-bond donors (Lipinski definition) is 1. The van der Waals surface area contributed by atoms with Gasteiger partial charge in [0.1, 0.15) is 0 Å². The molecule has 0 radical (unpaired) electrons. The van der Waals surface area contributed by atoms with Gasteiger partial charge in [-0.25, -0.2) is 8.42 Å². The molecule has 5 heteroatoms. The molecule has 0 aliphatic carbocycles. The van der Waals surface area contributed by atoms with Crippen molar-refractivity contribution in [2.45, 2.75) is 22.6 Å². The molecule has 0 saturated heterocycles. The molecule has 3 rings (SSSR count). The molecule has 0 saturated carbocycles. The Morgan fingerprint density at radius 3 is 2.76 bits per heavy atom. The molecule has 110 valence electrons. The topological polar surface area (TPSA) is 60.2 Å². The molecular weight excluding hydrogens is 302 g/mol. The van der Waals surface area contributed by atoms with Gasteiger partial charge in [0.05, 0.1) is 10.6 Å². The highest BCUT2D eigenvalue weighted by Gasteiger charge is 2.29. The van der Waals surface area contributed by atoms with Crippen LogP contribution in [0.25, 0.3) is 0 Å². The highest BCUT2D eigenvalue weighted by molar-refractivity contribution is 7.99. The standard InChI is InChI=1S/C16H17NO2S2/c1-11-8-13(17)6-7-16(11)21(18,19)10-12-9-20-15-5-3-2-4-14(12)15/h2-8,12H,9-10,17H2,1H3. The number of nitrogen functional groups attached to an aromatic ring is 1. The predicted molar refractivity (Wildman–Crippen MR) is 87.6 cm³/mol. The number of anilines is 1. The fraction of sp³-hybridized carbons (Fsp3) is 0.250. The summed E-state index contributed by atoms with van der Waals surface area (Å²) in [5, 5.41) is 0. The van der Waals surface area contributed by atoms with E-state index < -0.39 is 9.84 Å². The van der Waals surface area contributed by atoms with Crippen molar-refractivity contribution >= 4 is 27.3 Å². The molecule has 21 heavy (non-hydrogen) atoms. The van der Waals surface area contributed by atoms with Crippen LogP contribution in [0.1, 0.15) is 17.0 Å². The monoisotopic (exact) mass is 319 g/mol. The smallest absolute Gasteiger partial charge is 0.179 e. The normalized spacial score (nSPS) is 17.7. The van der Waals surface area contributed by atoms with E-state index in [2.05, 4.69) is 6.07 Å². The number of thioether (sulfide) groups is 1. The summed E-state index contributed by atoms with van der Waals surface area (Å²) in [4.78, 5) is 1.60. The van der Waals surface area contributed by atoms with Gasteiger partial charge in [-0.15, -0.1) is 11.8 Å². The molecule has 0 bridgehead atoms. The van der Waals surface area contributed by atoms with Crippen LogP contribution in [0.5, 0.6) is 0 Å². The Balaban J connectivity index is 1.91. The van der Waals surface area contributed by atoms with Crippen LogP contribution in [0, 0.1) is 6.92 Å². The van der Waals surface area contributed by atoms with E-state index in [9.17, 15) is 8.42 Å². The van der Waals surface area contributed by atoms with Gasteiger partial charge in [0.25, 0.3) is 0 Å². The van der Waals surface area contributed by atoms with E-state index in [1.54, 1.807) is 36.9 Å². The molecule has 0 amide bonds. The first kappa shape index (κ1) is 14.5. The van der Waals surface area contributed by atoms with Crippen molar-refractivity contribution in [3.05, 3.63) is 53.6 Å². The van der Waals surface area contributed by atoms with E-state index in [1.807, 2.05) is 18.2 Å². The van der Waals surface area contributed by atoms with E-state index in [4.69, 9.17) is 5.73 Å². The zero-order valence-corrected chi connectivity index (χ0v) is 13.4. The summed E-state index contributed by atoms with van der Waals surface area (Å²) >= 11 is 1.73. The van der Waals surface area contributed by atoms with E-state index >= 15 is 0 Å². The maximum Gasteiger partial charge on any atom is 0.179 e. The molecule has 2 aromatic rings. The number of rotatable bonds is 3. The SMILES string of the molecule is Cc1cc(N)ccc1S(=O)(=O)CC1CSc2ccccc21. The Bertz CT molecular complexity index is 785. The summed E-state index contributed by atoms with van der Waals surface area (Å²) in [6.07, 6.45) is 0. The minimum atomic E-state index is -3.30. The second kappa shape index (κ2) is 5.39. The maximum absolute atomic E-state index is 12.7. The molecule has 2 N–H and O–H groups in total. The van der Waals surface area contributed by atoms with Crippen LogP contribution in [0.15, 0.2) is 52.3 Å². The lowest BCUT2D eigenvalue weighted by Gasteiger charge is -2.13. The van der Waals surface area contributed by atoms with Gasteiger partial charge in [-0.1, -0.05) is 18.2 Å². The summed E-state index contributed by atoms with van der Waals surface area (Å²) in [5.41, 5.74) is 8.16. The first-order valence-electron chi connectivity index (χ1n) is 6.78. The lowest BCUT2D eigenvalue weighted by molar-refractivity contribution is 0.590. The van der Waals surface area contributed by atoms with Gasteiger partial charge in [-0.2, -0.15) is 0 Å². The molecule has 1 atom stereocenters. The van der Waals surface area contributed by atoms with E-state index in [-0.39, 0.29) is 11.7 Å². The van der Waals surface area contributed by atoms with Gasteiger partial charge in [-0.3, -0.25) is 0 Å². The molecule has 1 unspecified atom stereocenters. The van der Waals surface area contributed by atoms with Crippen molar-refractivity contribution in [3.8, 4) is 0 Å². The van der Waals surface area contributed by atoms with Crippen LogP contribution in [0.2, 0.25) is 0 Å². The maximum atomic E-state index is 12.7. The number of hydrogen-bond acceptors (Lipinski definition) is 4. The Hall–Kier alpha value is -1.46. The van der Waals surface area contributed by atoms with Crippen LogP contribution in [-0.4, -0.2) is 19.9 Å². The Kier molecular flexibility index (Phi) is 3.71. The van der Waals surface area contributed by atoms with E-state index in [0.717, 1.165) is 11.3 Å². The quantitative estimate of drug-likeness (QED) is 0.882. The second-order valence-electron chi connectivity index (χ2n) is 5.35. The number of fused-ring (bicyclic) bond motifs is 1. The first-order valence-corrected chi connectivity index (χ1v) is 9.42. The van der Waals surface area contributed by atoms with Gasteiger partial charge in [0, 0.05) is 22.3 Å². The van der Waals surface area contributed by atoms with Crippen molar-refractivity contribution < 1.29 is 8.42 Å². The molecule has 0 fully saturated rings. The Morgan fingerprint density at radius 1 is 1.24 bits per heavy atom. The molecular formula is C16H17NO2S2. The van der Waals surface area contributed by atoms with Crippen LogP contribution >= 0.6 is 11.8 Å². The fourth-order valence-electron chi connectivity index (χ4n) is 2.74. The van der Waals surface area contributed by atoms with Crippen molar-refractivity contribution in [3.63, 3.8) is 0 Å². The number of benzene rings is 2. The highest BCUT2D eigenvalue weighted by Crippen LogP contribution is 2.40. The van der Waals surface area contributed by atoms with Crippen LogP contribution < -0.4 is 5.73 Å². The molecule has 0 aromatic heterocycles. The zero-order valence-electron chi connectivity index (χ0n) is 11.7. The van der Waals surface area contributed by atoms with Crippen LogP contribution in [-0.2, 0) is 9.84 Å². The average Bonchev–Trinajstić information content (AvgIpc) is 2.81. The predicted octanol–water partition coefficient (Wildman–Crippen LogP) is 3.24. The molecule has 1 aliphatic heterocycles. The lowest BCUT2D eigenvalue weighted by atomic mass is 10.0. The number of aryl methyl sites for hydroxylation is 1. The molecule has 1 aliphatic rings. The average molecular weight is 319 g/mol. The van der Waals surface area contributed by atoms with E-state index in [1.165, 1.54) is 4.90 Å². The minimum Gasteiger partial charge on any atom is -0.399 e. The van der Waals surface area contributed by atoms with Gasteiger partial charge < -0.3 is 5.73 Å². The van der Waals surface area contributed by atoms with Gasteiger partial charge in [0.2, 0.25) is 0 Å². The Morgan fingerprint density at radius 2 is 2.00 bits per heavy atom. The molecule has 0 spiro atoms. The van der Waals surface area contributed by atoms with E-state index in [0.29, 0.717) is 16.1 Å². The summed E-state index contributed by atoms with van der Waals surface area (Å²) in [5.74, 6) is 1.04. The zero-order chi connectivity index (χ0) is 15.0. The minimum absolute atomic E-state index is 0.0631. The number of nitrogens with two attached hydrogens (primary N) is 1.